The van der Waals surface area contributed by atoms with Crippen molar-refractivity contribution in [2.75, 3.05) is 5.73 Å². The maximum absolute atomic E-state index is 13.9. The summed E-state index contributed by atoms with van der Waals surface area (Å²) in [5.74, 6) is -1.81. The molecule has 2 aromatic carbocycles. The zero-order valence-electron chi connectivity index (χ0n) is 10.6. The van der Waals surface area contributed by atoms with Crippen molar-refractivity contribution in [2.45, 2.75) is 0 Å². The van der Waals surface area contributed by atoms with Gasteiger partial charge in [0.2, 0.25) is 0 Å². The number of aromatic nitrogens is 1. The zero-order chi connectivity index (χ0) is 15.0. The Labute approximate surface area is 123 Å². The zero-order valence-corrected chi connectivity index (χ0v) is 11.4. The monoisotopic (exact) mass is 306 g/mol. The van der Waals surface area contributed by atoms with Crippen molar-refractivity contribution in [1.29, 1.82) is 0 Å². The maximum Gasteiger partial charge on any atom is 0.179 e. The lowest BCUT2D eigenvalue weighted by Crippen LogP contribution is -1.92. The van der Waals surface area contributed by atoms with Gasteiger partial charge in [0.1, 0.15) is 0 Å². The van der Waals surface area contributed by atoms with Crippen LogP contribution >= 0.6 is 11.6 Å². The third-order valence-corrected chi connectivity index (χ3v) is 3.30. The second-order valence-corrected chi connectivity index (χ2v) is 4.82. The van der Waals surface area contributed by atoms with Gasteiger partial charge in [-0.25, -0.2) is 8.78 Å². The first-order valence-electron chi connectivity index (χ1n) is 6.03. The van der Waals surface area contributed by atoms with Crippen LogP contribution < -0.4 is 5.73 Å². The summed E-state index contributed by atoms with van der Waals surface area (Å²) in [5, 5.41) is 4.19. The Morgan fingerprint density at radius 1 is 1.05 bits per heavy atom. The summed E-state index contributed by atoms with van der Waals surface area (Å²) in [5.41, 5.74) is 6.79. The maximum atomic E-state index is 13.9. The highest BCUT2D eigenvalue weighted by Crippen LogP contribution is 2.38. The third kappa shape index (κ3) is 2.36. The number of halogens is 3. The van der Waals surface area contributed by atoms with Gasteiger partial charge < -0.3 is 10.3 Å². The Morgan fingerprint density at radius 3 is 2.48 bits per heavy atom. The normalized spacial score (nSPS) is 10.8. The summed E-state index contributed by atoms with van der Waals surface area (Å²) in [6.45, 7) is 0. The van der Waals surface area contributed by atoms with Crippen LogP contribution in [0.5, 0.6) is 0 Å². The number of hydrogen-bond acceptors (Lipinski definition) is 3. The van der Waals surface area contributed by atoms with Crippen LogP contribution in [0, 0.1) is 11.6 Å². The standard InChI is InChI=1S/C15H9ClF2N2O/c16-9-6-4-8(5-7-9)12-14(21-20-15(12)19)10-2-1-3-11(17)13(10)18/h1-7H,(H2,19,20). The van der Waals surface area contributed by atoms with Crippen LogP contribution in [0.4, 0.5) is 14.6 Å². The van der Waals surface area contributed by atoms with E-state index in [1.807, 2.05) is 0 Å². The average molecular weight is 307 g/mol. The summed E-state index contributed by atoms with van der Waals surface area (Å²) >= 11 is 5.84. The van der Waals surface area contributed by atoms with Gasteiger partial charge in [-0.15, -0.1) is 0 Å². The van der Waals surface area contributed by atoms with E-state index in [0.717, 1.165) is 6.07 Å². The molecule has 0 aliphatic heterocycles. The molecule has 3 rings (SSSR count). The van der Waals surface area contributed by atoms with E-state index in [9.17, 15) is 8.78 Å². The van der Waals surface area contributed by atoms with Crippen molar-refractivity contribution in [2.24, 2.45) is 0 Å². The number of rotatable bonds is 2. The number of anilines is 1. The fraction of sp³-hybridized carbons (Fsp3) is 0. The van der Waals surface area contributed by atoms with Crippen LogP contribution in [-0.2, 0) is 0 Å². The molecule has 0 fully saturated rings. The molecule has 106 valence electrons. The van der Waals surface area contributed by atoms with Gasteiger partial charge in [-0.05, 0) is 29.8 Å². The molecule has 1 heterocycles. The highest BCUT2D eigenvalue weighted by atomic mass is 35.5. The van der Waals surface area contributed by atoms with Gasteiger partial charge in [0.25, 0.3) is 0 Å². The van der Waals surface area contributed by atoms with Gasteiger partial charge in [0, 0.05) is 5.02 Å². The fourth-order valence-electron chi connectivity index (χ4n) is 2.06. The minimum absolute atomic E-state index is 0.0378. The third-order valence-electron chi connectivity index (χ3n) is 3.05. The Hall–Kier alpha value is -2.40. The molecule has 2 N–H and O–H groups in total. The van der Waals surface area contributed by atoms with Crippen molar-refractivity contribution in [1.82, 2.24) is 5.16 Å². The predicted octanol–water partition coefficient (Wildman–Crippen LogP) is 4.52. The van der Waals surface area contributed by atoms with E-state index in [0.29, 0.717) is 16.1 Å². The van der Waals surface area contributed by atoms with Crippen LogP contribution in [0.2, 0.25) is 5.02 Å². The van der Waals surface area contributed by atoms with Gasteiger partial charge in [0.05, 0.1) is 11.1 Å². The van der Waals surface area contributed by atoms with Crippen molar-refractivity contribution < 1.29 is 13.3 Å². The van der Waals surface area contributed by atoms with Crippen molar-refractivity contribution in [3.8, 4) is 22.5 Å². The van der Waals surface area contributed by atoms with Gasteiger partial charge >= 0.3 is 0 Å². The van der Waals surface area contributed by atoms with Crippen LogP contribution in [0.15, 0.2) is 47.0 Å². The molecule has 0 atom stereocenters. The van der Waals surface area contributed by atoms with Crippen LogP contribution in [0.25, 0.3) is 22.5 Å². The molecular formula is C15H9ClF2N2O. The van der Waals surface area contributed by atoms with E-state index in [1.165, 1.54) is 12.1 Å². The largest absolute Gasteiger partial charge is 0.380 e. The minimum atomic E-state index is -1.01. The first kappa shape index (κ1) is 13.6. The molecule has 3 nitrogen and oxygen atoms in total. The van der Waals surface area contributed by atoms with Gasteiger partial charge in [0.15, 0.2) is 23.2 Å². The highest BCUT2D eigenvalue weighted by molar-refractivity contribution is 6.30. The first-order valence-corrected chi connectivity index (χ1v) is 6.41. The topological polar surface area (TPSA) is 52.0 Å². The lowest BCUT2D eigenvalue weighted by atomic mass is 10.0. The molecule has 0 radical (unpaired) electrons. The van der Waals surface area contributed by atoms with E-state index in [-0.39, 0.29) is 17.1 Å². The van der Waals surface area contributed by atoms with Gasteiger partial charge in [-0.2, -0.15) is 0 Å². The molecule has 21 heavy (non-hydrogen) atoms. The summed E-state index contributed by atoms with van der Waals surface area (Å²) < 4.78 is 32.4. The van der Waals surface area contributed by atoms with E-state index >= 15 is 0 Å². The molecule has 0 saturated heterocycles. The molecule has 6 heteroatoms. The van der Waals surface area contributed by atoms with E-state index < -0.39 is 11.6 Å². The SMILES string of the molecule is Nc1noc(-c2cccc(F)c2F)c1-c1ccc(Cl)cc1. The van der Waals surface area contributed by atoms with E-state index in [1.54, 1.807) is 24.3 Å². The molecule has 0 spiro atoms. The molecule has 0 bridgehead atoms. The second kappa shape index (κ2) is 5.18. The summed E-state index contributed by atoms with van der Waals surface area (Å²) in [7, 11) is 0. The van der Waals surface area contributed by atoms with Crippen molar-refractivity contribution in [3.05, 3.63) is 59.1 Å². The fourth-order valence-corrected chi connectivity index (χ4v) is 2.19. The van der Waals surface area contributed by atoms with Crippen molar-refractivity contribution >= 4 is 17.4 Å². The quantitative estimate of drug-likeness (QED) is 0.757. The lowest BCUT2D eigenvalue weighted by molar-refractivity contribution is 0.430. The molecule has 0 amide bonds. The number of nitrogens with zero attached hydrogens (tertiary/aromatic N) is 1. The Bertz CT molecular complexity index is 800. The van der Waals surface area contributed by atoms with Crippen LogP contribution in [0.1, 0.15) is 0 Å². The molecular weight excluding hydrogens is 298 g/mol. The minimum Gasteiger partial charge on any atom is -0.380 e. The molecule has 0 aliphatic carbocycles. The number of benzene rings is 2. The Balaban J connectivity index is 2.22. The van der Waals surface area contributed by atoms with Crippen LogP contribution in [-0.4, -0.2) is 5.16 Å². The van der Waals surface area contributed by atoms with Gasteiger partial charge in [-0.1, -0.05) is 35.0 Å². The number of nitrogen functional groups attached to an aromatic ring is 1. The molecule has 1 aromatic heterocycles. The Morgan fingerprint density at radius 2 is 1.76 bits per heavy atom. The summed E-state index contributed by atoms with van der Waals surface area (Å²) in [4.78, 5) is 0. The smallest absolute Gasteiger partial charge is 0.179 e. The average Bonchev–Trinajstić information content (AvgIpc) is 2.85. The Kier molecular flexibility index (Phi) is 3.35. The molecule has 0 saturated carbocycles. The number of nitrogens with two attached hydrogens (primary N) is 1. The number of hydrogen-bond donors (Lipinski definition) is 1. The first-order chi connectivity index (χ1) is 10.1. The van der Waals surface area contributed by atoms with Gasteiger partial charge in [-0.3, -0.25) is 0 Å². The summed E-state index contributed by atoms with van der Waals surface area (Å²) in [6, 6.07) is 10.5. The van der Waals surface area contributed by atoms with E-state index in [4.69, 9.17) is 21.9 Å². The van der Waals surface area contributed by atoms with Crippen molar-refractivity contribution in [3.63, 3.8) is 0 Å². The predicted molar refractivity (Wildman–Crippen MR) is 76.7 cm³/mol. The highest BCUT2D eigenvalue weighted by Gasteiger charge is 2.21. The summed E-state index contributed by atoms with van der Waals surface area (Å²) in [6.07, 6.45) is 0. The van der Waals surface area contributed by atoms with Crippen LogP contribution in [0.3, 0.4) is 0 Å². The molecule has 3 aromatic rings. The molecule has 0 aliphatic rings. The second-order valence-electron chi connectivity index (χ2n) is 4.38. The lowest BCUT2D eigenvalue weighted by Gasteiger charge is -2.04. The van der Waals surface area contributed by atoms with E-state index in [2.05, 4.69) is 5.16 Å². The molecule has 0 unspecified atom stereocenters.